The normalized spacial score (nSPS) is 15.9. The zero-order valence-corrected chi connectivity index (χ0v) is 18.0. The molecule has 1 aliphatic heterocycles. The highest BCUT2D eigenvalue weighted by molar-refractivity contribution is 5.77. The first kappa shape index (κ1) is 21.4. The van der Waals surface area contributed by atoms with Crippen molar-refractivity contribution in [2.45, 2.75) is 52.0 Å². The van der Waals surface area contributed by atoms with Crippen LogP contribution in [0.15, 0.2) is 48.5 Å². The molecule has 1 heterocycles. The van der Waals surface area contributed by atoms with Crippen LogP contribution in [0.4, 0.5) is 0 Å². The molecule has 1 N–H and O–H groups in total. The van der Waals surface area contributed by atoms with Crippen molar-refractivity contribution >= 4 is 5.91 Å². The summed E-state index contributed by atoms with van der Waals surface area (Å²) in [5.41, 5.74) is 3.75. The predicted molar refractivity (Wildman–Crippen MR) is 118 cm³/mol. The Morgan fingerprint density at radius 3 is 2.38 bits per heavy atom. The fraction of sp³-hybridized carbons (Fsp3) is 0.480. The molecular formula is C25H34N2O2. The topological polar surface area (TPSA) is 41.6 Å². The summed E-state index contributed by atoms with van der Waals surface area (Å²) in [5, 5.41) is 3.10. The van der Waals surface area contributed by atoms with Gasteiger partial charge in [-0.25, -0.2) is 0 Å². The van der Waals surface area contributed by atoms with Crippen LogP contribution >= 0.6 is 0 Å². The largest absolute Gasteiger partial charge is 0.484 e. The summed E-state index contributed by atoms with van der Waals surface area (Å²) in [6, 6.07) is 16.9. The molecule has 0 saturated carbocycles. The van der Waals surface area contributed by atoms with Gasteiger partial charge in [-0.05, 0) is 67.6 Å². The van der Waals surface area contributed by atoms with Crippen molar-refractivity contribution in [2.75, 3.05) is 26.2 Å². The van der Waals surface area contributed by atoms with Gasteiger partial charge in [0.25, 0.3) is 5.91 Å². The molecule has 1 amide bonds. The molecular weight excluding hydrogens is 360 g/mol. The van der Waals surface area contributed by atoms with E-state index in [9.17, 15) is 4.79 Å². The van der Waals surface area contributed by atoms with E-state index >= 15 is 0 Å². The van der Waals surface area contributed by atoms with E-state index in [-0.39, 0.29) is 18.6 Å². The van der Waals surface area contributed by atoms with Gasteiger partial charge in [0, 0.05) is 6.54 Å². The quantitative estimate of drug-likeness (QED) is 0.696. The number of hydrogen-bond donors (Lipinski definition) is 1. The number of rotatable bonds is 8. The first-order valence-corrected chi connectivity index (χ1v) is 10.8. The number of carbonyl (C=O) groups excluding carboxylic acids is 1. The van der Waals surface area contributed by atoms with Gasteiger partial charge in [-0.3, -0.25) is 9.69 Å². The molecule has 2 aromatic rings. The Hall–Kier alpha value is -2.33. The van der Waals surface area contributed by atoms with Crippen molar-refractivity contribution < 1.29 is 9.53 Å². The lowest BCUT2D eigenvalue weighted by Crippen LogP contribution is -2.41. The van der Waals surface area contributed by atoms with E-state index in [0.29, 0.717) is 12.5 Å². The SMILES string of the molecule is Cc1cccc(OCC(=O)NCC(c2ccc(C(C)C)cc2)N2CCCCC2)c1. The molecule has 0 spiro atoms. The molecule has 0 radical (unpaired) electrons. The molecule has 1 aliphatic rings. The number of carbonyl (C=O) groups is 1. The van der Waals surface area contributed by atoms with Crippen molar-refractivity contribution in [1.29, 1.82) is 0 Å². The minimum atomic E-state index is -0.0766. The van der Waals surface area contributed by atoms with Crippen LogP contribution in [0.2, 0.25) is 0 Å². The molecule has 156 valence electrons. The van der Waals surface area contributed by atoms with Crippen LogP contribution < -0.4 is 10.1 Å². The fourth-order valence-corrected chi connectivity index (χ4v) is 3.91. The Bertz CT molecular complexity index is 780. The van der Waals surface area contributed by atoms with E-state index in [0.717, 1.165) is 24.4 Å². The van der Waals surface area contributed by atoms with Crippen LogP contribution in [0.3, 0.4) is 0 Å². The van der Waals surface area contributed by atoms with E-state index in [1.165, 1.54) is 30.4 Å². The Labute approximate surface area is 175 Å². The molecule has 2 aromatic carbocycles. The predicted octanol–water partition coefficient (Wildman–Crippen LogP) is 4.84. The van der Waals surface area contributed by atoms with E-state index in [1.54, 1.807) is 0 Å². The molecule has 1 saturated heterocycles. The lowest BCUT2D eigenvalue weighted by Gasteiger charge is -2.35. The molecule has 0 aliphatic carbocycles. The van der Waals surface area contributed by atoms with Crippen LogP contribution in [0, 0.1) is 6.92 Å². The number of benzene rings is 2. The number of amides is 1. The third-order valence-corrected chi connectivity index (χ3v) is 5.67. The van der Waals surface area contributed by atoms with Crippen LogP contribution in [-0.4, -0.2) is 37.0 Å². The van der Waals surface area contributed by atoms with E-state index < -0.39 is 0 Å². The highest BCUT2D eigenvalue weighted by atomic mass is 16.5. The minimum Gasteiger partial charge on any atom is -0.484 e. The van der Waals surface area contributed by atoms with Gasteiger partial charge in [0.15, 0.2) is 6.61 Å². The maximum atomic E-state index is 12.4. The second-order valence-electron chi connectivity index (χ2n) is 8.34. The summed E-state index contributed by atoms with van der Waals surface area (Å²) in [5.74, 6) is 1.18. The molecule has 1 atom stereocenters. The smallest absolute Gasteiger partial charge is 0.258 e. The first-order chi connectivity index (χ1) is 14.0. The van der Waals surface area contributed by atoms with Gasteiger partial charge >= 0.3 is 0 Å². The summed E-state index contributed by atoms with van der Waals surface area (Å²) in [6.07, 6.45) is 3.75. The van der Waals surface area contributed by atoms with Crippen LogP contribution in [0.25, 0.3) is 0 Å². The highest BCUT2D eigenvalue weighted by Gasteiger charge is 2.23. The average Bonchev–Trinajstić information content (AvgIpc) is 2.73. The Morgan fingerprint density at radius 2 is 1.72 bits per heavy atom. The second-order valence-corrected chi connectivity index (χ2v) is 8.34. The standard InChI is InChI=1S/C25H34N2O2/c1-19(2)21-10-12-22(13-11-21)24(27-14-5-4-6-15-27)17-26-25(28)18-29-23-9-7-8-20(3)16-23/h7-13,16,19,24H,4-6,14-15,17-18H2,1-3H3,(H,26,28). The number of nitrogens with zero attached hydrogens (tertiary/aromatic N) is 1. The average molecular weight is 395 g/mol. The maximum Gasteiger partial charge on any atom is 0.258 e. The van der Waals surface area contributed by atoms with Gasteiger partial charge in [-0.15, -0.1) is 0 Å². The van der Waals surface area contributed by atoms with E-state index in [4.69, 9.17) is 4.74 Å². The molecule has 29 heavy (non-hydrogen) atoms. The second kappa shape index (κ2) is 10.4. The number of nitrogens with one attached hydrogen (secondary N) is 1. The van der Waals surface area contributed by atoms with Crippen molar-refractivity contribution in [2.24, 2.45) is 0 Å². The van der Waals surface area contributed by atoms with Crippen molar-refractivity contribution in [3.05, 3.63) is 65.2 Å². The Morgan fingerprint density at radius 1 is 1.03 bits per heavy atom. The number of ether oxygens (including phenoxy) is 1. The zero-order chi connectivity index (χ0) is 20.6. The van der Waals surface area contributed by atoms with Gasteiger partial charge in [-0.1, -0.05) is 56.7 Å². The third-order valence-electron chi connectivity index (χ3n) is 5.67. The fourth-order valence-electron chi connectivity index (χ4n) is 3.91. The molecule has 0 aromatic heterocycles. The first-order valence-electron chi connectivity index (χ1n) is 10.8. The Kier molecular flexibility index (Phi) is 7.70. The molecule has 1 unspecified atom stereocenters. The number of hydrogen-bond acceptors (Lipinski definition) is 3. The molecule has 1 fully saturated rings. The molecule has 4 nitrogen and oxygen atoms in total. The van der Waals surface area contributed by atoms with Crippen molar-refractivity contribution in [3.63, 3.8) is 0 Å². The molecule has 4 heteroatoms. The minimum absolute atomic E-state index is 0.0441. The van der Waals surface area contributed by atoms with Gasteiger partial charge in [0.05, 0.1) is 6.04 Å². The van der Waals surface area contributed by atoms with Gasteiger partial charge in [-0.2, -0.15) is 0 Å². The summed E-state index contributed by atoms with van der Waals surface area (Å²) in [6.45, 7) is 9.27. The summed E-state index contributed by atoms with van der Waals surface area (Å²) in [7, 11) is 0. The highest BCUT2D eigenvalue weighted by Crippen LogP contribution is 2.26. The number of aryl methyl sites for hydroxylation is 1. The monoisotopic (exact) mass is 394 g/mol. The van der Waals surface area contributed by atoms with Gasteiger partial charge in [0.1, 0.15) is 5.75 Å². The lowest BCUT2D eigenvalue weighted by atomic mass is 9.97. The number of piperidine rings is 1. The van der Waals surface area contributed by atoms with Crippen LogP contribution in [0.5, 0.6) is 5.75 Å². The summed E-state index contributed by atoms with van der Waals surface area (Å²) < 4.78 is 5.65. The third kappa shape index (κ3) is 6.33. The van der Waals surface area contributed by atoms with Crippen LogP contribution in [-0.2, 0) is 4.79 Å². The van der Waals surface area contributed by atoms with E-state index in [2.05, 4.69) is 48.3 Å². The summed E-state index contributed by atoms with van der Waals surface area (Å²) in [4.78, 5) is 14.9. The summed E-state index contributed by atoms with van der Waals surface area (Å²) >= 11 is 0. The van der Waals surface area contributed by atoms with Crippen molar-refractivity contribution in [3.8, 4) is 5.75 Å². The number of likely N-dealkylation sites (tertiary alicyclic amines) is 1. The van der Waals surface area contributed by atoms with Gasteiger partial charge < -0.3 is 10.1 Å². The molecule has 3 rings (SSSR count). The van der Waals surface area contributed by atoms with Crippen molar-refractivity contribution in [1.82, 2.24) is 10.2 Å². The Balaban J connectivity index is 1.61. The maximum absolute atomic E-state index is 12.4. The lowest BCUT2D eigenvalue weighted by molar-refractivity contribution is -0.123. The molecule has 0 bridgehead atoms. The van der Waals surface area contributed by atoms with E-state index in [1.807, 2.05) is 31.2 Å². The van der Waals surface area contributed by atoms with Gasteiger partial charge in [0.2, 0.25) is 0 Å². The van der Waals surface area contributed by atoms with Crippen LogP contribution in [0.1, 0.15) is 61.8 Å². The zero-order valence-electron chi connectivity index (χ0n) is 18.0.